The smallest absolute Gasteiger partial charge is 0.320 e. The Hall–Kier alpha value is -1.55. The van der Waals surface area contributed by atoms with Gasteiger partial charge in [-0.15, -0.1) is 0 Å². The standard InChI is InChI=1S/C10H15NO3/c1-3-4-5-9(12)7(2)6-8(11)10(13)14/h3-5,8,12H,1,6,11H2,2H3,(H,13,14)/b5-4-,9-7-. The van der Waals surface area contributed by atoms with Crippen molar-refractivity contribution in [1.82, 2.24) is 0 Å². The molecule has 0 aromatic carbocycles. The maximum Gasteiger partial charge on any atom is 0.320 e. The summed E-state index contributed by atoms with van der Waals surface area (Å²) in [5, 5.41) is 17.9. The second-order valence-corrected chi connectivity index (χ2v) is 2.91. The van der Waals surface area contributed by atoms with Crippen LogP contribution in [0.3, 0.4) is 0 Å². The molecule has 0 radical (unpaired) electrons. The van der Waals surface area contributed by atoms with Gasteiger partial charge in [0.15, 0.2) is 0 Å². The summed E-state index contributed by atoms with van der Waals surface area (Å²) >= 11 is 0. The molecular formula is C10H15NO3. The zero-order valence-electron chi connectivity index (χ0n) is 8.10. The van der Waals surface area contributed by atoms with Crippen LogP contribution in [0.25, 0.3) is 0 Å². The summed E-state index contributed by atoms with van der Waals surface area (Å²) in [5.41, 5.74) is 5.83. The average Bonchev–Trinajstić information content (AvgIpc) is 2.13. The predicted molar refractivity (Wildman–Crippen MR) is 54.9 cm³/mol. The first kappa shape index (κ1) is 12.4. The van der Waals surface area contributed by atoms with Crippen molar-refractivity contribution < 1.29 is 15.0 Å². The van der Waals surface area contributed by atoms with E-state index in [2.05, 4.69) is 6.58 Å². The van der Waals surface area contributed by atoms with E-state index in [4.69, 9.17) is 10.8 Å². The van der Waals surface area contributed by atoms with Crippen molar-refractivity contribution in [3.8, 4) is 0 Å². The summed E-state index contributed by atoms with van der Waals surface area (Å²) in [7, 11) is 0. The van der Waals surface area contributed by atoms with Crippen molar-refractivity contribution in [1.29, 1.82) is 0 Å². The molecule has 0 fully saturated rings. The summed E-state index contributed by atoms with van der Waals surface area (Å²) in [4.78, 5) is 10.4. The first-order chi connectivity index (χ1) is 6.49. The first-order valence-electron chi connectivity index (χ1n) is 4.15. The van der Waals surface area contributed by atoms with E-state index < -0.39 is 12.0 Å². The summed E-state index contributed by atoms with van der Waals surface area (Å²) in [6.45, 7) is 5.07. The Kier molecular flexibility index (Phi) is 5.33. The molecule has 0 saturated heterocycles. The van der Waals surface area contributed by atoms with Gasteiger partial charge in [0.1, 0.15) is 11.8 Å². The molecule has 0 aliphatic rings. The monoisotopic (exact) mass is 197 g/mol. The van der Waals surface area contributed by atoms with Crippen molar-refractivity contribution in [3.05, 3.63) is 36.1 Å². The molecule has 4 nitrogen and oxygen atoms in total. The Morgan fingerprint density at radius 3 is 2.57 bits per heavy atom. The molecule has 0 aromatic heterocycles. The normalized spacial score (nSPS) is 15.0. The van der Waals surface area contributed by atoms with E-state index in [1.54, 1.807) is 13.0 Å². The van der Waals surface area contributed by atoms with Crippen LogP contribution in [0.4, 0.5) is 0 Å². The fourth-order valence-electron chi connectivity index (χ4n) is 0.823. The predicted octanol–water partition coefficient (Wildman–Crippen LogP) is 1.36. The highest BCUT2D eigenvalue weighted by Crippen LogP contribution is 2.09. The van der Waals surface area contributed by atoms with Gasteiger partial charge >= 0.3 is 5.97 Å². The van der Waals surface area contributed by atoms with Gasteiger partial charge in [-0.2, -0.15) is 0 Å². The number of carboxylic acid groups (broad SMARTS) is 1. The number of carbonyl (C=O) groups is 1. The quantitative estimate of drug-likeness (QED) is 0.459. The number of aliphatic hydroxyl groups is 1. The summed E-state index contributed by atoms with van der Waals surface area (Å²) in [6, 6.07) is -0.978. The third kappa shape index (κ3) is 4.47. The zero-order valence-corrected chi connectivity index (χ0v) is 8.10. The van der Waals surface area contributed by atoms with E-state index in [1.807, 2.05) is 0 Å². The molecule has 4 heteroatoms. The Balaban J connectivity index is 4.43. The molecule has 1 atom stereocenters. The second-order valence-electron chi connectivity index (χ2n) is 2.91. The van der Waals surface area contributed by atoms with Crippen molar-refractivity contribution in [3.63, 3.8) is 0 Å². The molecule has 0 heterocycles. The average molecular weight is 197 g/mol. The third-order valence-electron chi connectivity index (χ3n) is 1.67. The SMILES string of the molecule is C=C/C=C\C(O)=C(/C)CC(N)C(=O)O. The van der Waals surface area contributed by atoms with Gasteiger partial charge in [-0.25, -0.2) is 0 Å². The fourth-order valence-corrected chi connectivity index (χ4v) is 0.823. The van der Waals surface area contributed by atoms with Gasteiger partial charge in [0, 0.05) is 0 Å². The lowest BCUT2D eigenvalue weighted by atomic mass is 10.1. The fraction of sp³-hybridized carbons (Fsp3) is 0.300. The molecular weight excluding hydrogens is 182 g/mol. The lowest BCUT2D eigenvalue weighted by Crippen LogP contribution is -2.30. The summed E-state index contributed by atoms with van der Waals surface area (Å²) in [6.07, 6.45) is 4.64. The van der Waals surface area contributed by atoms with Crippen molar-refractivity contribution >= 4 is 5.97 Å². The van der Waals surface area contributed by atoms with E-state index in [0.717, 1.165) is 0 Å². The number of nitrogens with two attached hydrogens (primary N) is 1. The number of aliphatic carboxylic acids is 1. The van der Waals surface area contributed by atoms with Crippen LogP contribution in [0.15, 0.2) is 36.1 Å². The number of carboxylic acids is 1. The minimum Gasteiger partial charge on any atom is -0.508 e. The highest BCUT2D eigenvalue weighted by atomic mass is 16.4. The number of hydrogen-bond acceptors (Lipinski definition) is 3. The van der Waals surface area contributed by atoms with Crippen LogP contribution in [0.1, 0.15) is 13.3 Å². The van der Waals surface area contributed by atoms with E-state index in [1.165, 1.54) is 12.2 Å². The van der Waals surface area contributed by atoms with E-state index >= 15 is 0 Å². The van der Waals surface area contributed by atoms with Crippen LogP contribution >= 0.6 is 0 Å². The number of aliphatic hydroxyl groups excluding tert-OH is 1. The Labute approximate surface area is 83.0 Å². The van der Waals surface area contributed by atoms with Gasteiger partial charge in [-0.3, -0.25) is 4.79 Å². The van der Waals surface area contributed by atoms with Crippen LogP contribution in [0.2, 0.25) is 0 Å². The van der Waals surface area contributed by atoms with Crippen LogP contribution in [0, 0.1) is 0 Å². The van der Waals surface area contributed by atoms with Crippen LogP contribution in [0.5, 0.6) is 0 Å². The molecule has 0 aliphatic heterocycles. The summed E-state index contributed by atoms with van der Waals surface area (Å²) in [5.74, 6) is -1.05. The van der Waals surface area contributed by atoms with Gasteiger partial charge in [-0.05, 0) is 25.0 Å². The largest absolute Gasteiger partial charge is 0.508 e. The van der Waals surface area contributed by atoms with E-state index in [9.17, 15) is 9.90 Å². The molecule has 0 rings (SSSR count). The lowest BCUT2D eigenvalue weighted by Gasteiger charge is -2.07. The molecule has 0 bridgehead atoms. The van der Waals surface area contributed by atoms with Gasteiger partial charge in [-0.1, -0.05) is 18.7 Å². The van der Waals surface area contributed by atoms with Crippen LogP contribution in [-0.4, -0.2) is 22.2 Å². The van der Waals surface area contributed by atoms with Crippen molar-refractivity contribution in [2.45, 2.75) is 19.4 Å². The first-order valence-corrected chi connectivity index (χ1v) is 4.15. The molecule has 78 valence electrons. The highest BCUT2D eigenvalue weighted by molar-refractivity contribution is 5.73. The second kappa shape index (κ2) is 5.99. The Morgan fingerprint density at radius 2 is 2.14 bits per heavy atom. The molecule has 4 N–H and O–H groups in total. The number of hydrogen-bond donors (Lipinski definition) is 3. The minimum absolute atomic E-state index is 0.0293. The van der Waals surface area contributed by atoms with Gasteiger partial charge in [0.05, 0.1) is 0 Å². The van der Waals surface area contributed by atoms with E-state index in [-0.39, 0.29) is 12.2 Å². The molecule has 0 saturated carbocycles. The third-order valence-corrected chi connectivity index (χ3v) is 1.67. The molecule has 0 spiro atoms. The van der Waals surface area contributed by atoms with E-state index in [0.29, 0.717) is 5.57 Å². The van der Waals surface area contributed by atoms with Gasteiger partial charge < -0.3 is 15.9 Å². The molecule has 0 amide bonds. The highest BCUT2D eigenvalue weighted by Gasteiger charge is 2.12. The van der Waals surface area contributed by atoms with Crippen molar-refractivity contribution in [2.75, 3.05) is 0 Å². The van der Waals surface area contributed by atoms with Crippen LogP contribution in [-0.2, 0) is 4.79 Å². The lowest BCUT2D eigenvalue weighted by molar-refractivity contribution is -0.138. The molecule has 14 heavy (non-hydrogen) atoms. The minimum atomic E-state index is -1.08. The Bertz CT molecular complexity index is 279. The molecule has 0 aromatic rings. The topological polar surface area (TPSA) is 83.5 Å². The number of allylic oxidation sites excluding steroid dienone is 3. The maximum absolute atomic E-state index is 10.4. The molecule has 1 unspecified atom stereocenters. The zero-order chi connectivity index (χ0) is 11.1. The van der Waals surface area contributed by atoms with Gasteiger partial charge in [0.25, 0.3) is 0 Å². The van der Waals surface area contributed by atoms with Crippen LogP contribution < -0.4 is 5.73 Å². The Morgan fingerprint density at radius 1 is 1.57 bits per heavy atom. The van der Waals surface area contributed by atoms with Gasteiger partial charge in [0.2, 0.25) is 0 Å². The summed E-state index contributed by atoms with van der Waals surface area (Å²) < 4.78 is 0. The number of rotatable bonds is 5. The van der Waals surface area contributed by atoms with Crippen molar-refractivity contribution in [2.24, 2.45) is 5.73 Å². The maximum atomic E-state index is 10.4. The molecule has 0 aliphatic carbocycles.